The maximum absolute atomic E-state index is 12.7. The van der Waals surface area contributed by atoms with Gasteiger partial charge < -0.3 is 24.6 Å². The Balaban J connectivity index is 0.000000913. The van der Waals surface area contributed by atoms with Crippen molar-refractivity contribution in [2.24, 2.45) is 5.41 Å². The molecule has 0 radical (unpaired) electrons. The number of hydrogen-bond donors (Lipinski definition) is 2. The minimum atomic E-state index is -0.418. The van der Waals surface area contributed by atoms with Crippen molar-refractivity contribution in [3.63, 3.8) is 0 Å². The van der Waals surface area contributed by atoms with Gasteiger partial charge in [0, 0.05) is 32.6 Å². The summed E-state index contributed by atoms with van der Waals surface area (Å²) in [5.74, 6) is 0.114. The molecular weight excluding hydrogens is 410 g/mol. The number of carboxylic acid groups (broad SMARTS) is 1. The molecule has 174 valence electrons. The first kappa shape index (κ1) is 23.9. The molecule has 2 N–H and O–H groups in total. The number of amides is 1. The number of nitrogens with zero attached hydrogens (tertiary/aromatic N) is 5. The highest BCUT2D eigenvalue weighted by Crippen LogP contribution is 2.40. The number of carbonyl (C=O) groups excluding carboxylic acids is 1. The summed E-state index contributed by atoms with van der Waals surface area (Å²) in [7, 11) is 0. The smallest absolute Gasteiger partial charge is 0.290 e. The Morgan fingerprint density at radius 3 is 2.44 bits per heavy atom. The summed E-state index contributed by atoms with van der Waals surface area (Å²) in [6, 6.07) is 10.6. The fourth-order valence-corrected chi connectivity index (χ4v) is 4.81. The van der Waals surface area contributed by atoms with Crippen LogP contribution in [0.4, 0.5) is 0 Å². The maximum Gasteiger partial charge on any atom is 0.290 e. The van der Waals surface area contributed by atoms with E-state index in [0.717, 1.165) is 51.9 Å². The number of hydrogen-bond acceptors (Lipinski definition) is 6. The van der Waals surface area contributed by atoms with Crippen LogP contribution in [0.5, 0.6) is 0 Å². The van der Waals surface area contributed by atoms with E-state index in [4.69, 9.17) is 9.90 Å². The number of carbonyl (C=O) groups is 2. The molecule has 0 bridgehead atoms. The van der Waals surface area contributed by atoms with Crippen molar-refractivity contribution >= 4 is 12.4 Å². The zero-order valence-electron chi connectivity index (χ0n) is 18.4. The van der Waals surface area contributed by atoms with Crippen molar-refractivity contribution in [2.45, 2.75) is 44.8 Å². The second kappa shape index (κ2) is 11.7. The molecule has 9 heteroatoms. The molecular formula is C23H33N5O4. The lowest BCUT2D eigenvalue weighted by atomic mass is 9.71. The van der Waals surface area contributed by atoms with Gasteiger partial charge in [0.2, 0.25) is 5.91 Å². The molecule has 0 saturated carbocycles. The largest absolute Gasteiger partial charge is 0.483 e. The summed E-state index contributed by atoms with van der Waals surface area (Å²) >= 11 is 0. The van der Waals surface area contributed by atoms with E-state index in [1.165, 1.54) is 5.56 Å². The van der Waals surface area contributed by atoms with Crippen LogP contribution in [0.2, 0.25) is 0 Å². The Bertz CT molecular complexity index is 822. The number of likely N-dealkylation sites (tertiary alicyclic amines) is 2. The van der Waals surface area contributed by atoms with Gasteiger partial charge in [-0.05, 0) is 49.8 Å². The zero-order valence-corrected chi connectivity index (χ0v) is 18.4. The summed E-state index contributed by atoms with van der Waals surface area (Å²) in [5, 5.41) is 24.9. The standard InChI is InChI=1S/C22H31N5O2.CH2O2/c28-20-14-22(16-27(15-20)21(29)7-11-26-17-23-24-18-26)8-12-25(13-9-22)10-6-19-4-2-1-3-5-19;2-1-3/h1-5,17-18,20,28H,6-16H2;1H,(H,2,3). The minimum Gasteiger partial charge on any atom is -0.483 e. The number of aliphatic hydroxyl groups excluding tert-OH is 1. The van der Waals surface area contributed by atoms with E-state index in [1.807, 2.05) is 9.47 Å². The van der Waals surface area contributed by atoms with Crippen molar-refractivity contribution in [2.75, 3.05) is 32.7 Å². The van der Waals surface area contributed by atoms with Gasteiger partial charge in [0.05, 0.1) is 6.10 Å². The average molecular weight is 444 g/mol. The molecule has 1 atom stereocenters. The fraction of sp³-hybridized carbons (Fsp3) is 0.565. The van der Waals surface area contributed by atoms with Gasteiger partial charge in [-0.25, -0.2) is 0 Å². The molecule has 2 aliphatic rings. The highest BCUT2D eigenvalue weighted by molar-refractivity contribution is 5.76. The molecule has 9 nitrogen and oxygen atoms in total. The van der Waals surface area contributed by atoms with Crippen molar-refractivity contribution in [3.8, 4) is 0 Å². The van der Waals surface area contributed by atoms with E-state index in [2.05, 4.69) is 45.4 Å². The van der Waals surface area contributed by atoms with Gasteiger partial charge in [0.15, 0.2) is 0 Å². The Labute approximate surface area is 188 Å². The van der Waals surface area contributed by atoms with Gasteiger partial charge in [0.25, 0.3) is 6.47 Å². The quantitative estimate of drug-likeness (QED) is 0.647. The Hall–Kier alpha value is -2.78. The van der Waals surface area contributed by atoms with Crippen LogP contribution >= 0.6 is 0 Å². The summed E-state index contributed by atoms with van der Waals surface area (Å²) in [6.07, 6.45) is 7.25. The summed E-state index contributed by atoms with van der Waals surface area (Å²) in [5.41, 5.74) is 1.44. The van der Waals surface area contributed by atoms with Crippen molar-refractivity contribution < 1.29 is 19.8 Å². The monoisotopic (exact) mass is 443 g/mol. The van der Waals surface area contributed by atoms with Crippen LogP contribution in [0.1, 0.15) is 31.2 Å². The van der Waals surface area contributed by atoms with Gasteiger partial charge in [0.1, 0.15) is 12.7 Å². The molecule has 32 heavy (non-hydrogen) atoms. The lowest BCUT2D eigenvalue weighted by Gasteiger charge is -2.49. The van der Waals surface area contributed by atoms with Crippen LogP contribution in [-0.4, -0.2) is 86.0 Å². The molecule has 4 rings (SSSR count). The first-order valence-corrected chi connectivity index (χ1v) is 11.2. The maximum atomic E-state index is 12.7. The van der Waals surface area contributed by atoms with E-state index in [-0.39, 0.29) is 17.8 Å². The third-order valence-corrected chi connectivity index (χ3v) is 6.51. The third-order valence-electron chi connectivity index (χ3n) is 6.51. The molecule has 2 aromatic rings. The average Bonchev–Trinajstić information content (AvgIpc) is 3.32. The van der Waals surface area contributed by atoms with Gasteiger partial charge in [-0.3, -0.25) is 9.59 Å². The Morgan fingerprint density at radius 2 is 1.78 bits per heavy atom. The summed E-state index contributed by atoms with van der Waals surface area (Å²) in [4.78, 5) is 25.5. The van der Waals surface area contributed by atoms with Gasteiger partial charge in [-0.2, -0.15) is 0 Å². The van der Waals surface area contributed by atoms with Gasteiger partial charge in [-0.1, -0.05) is 30.3 Å². The molecule has 2 aliphatic heterocycles. The number of aromatic nitrogens is 3. The molecule has 2 fully saturated rings. The topological polar surface area (TPSA) is 112 Å². The number of rotatable bonds is 6. The molecule has 0 aliphatic carbocycles. The summed E-state index contributed by atoms with van der Waals surface area (Å²) in [6.45, 7) is 4.73. The minimum absolute atomic E-state index is 0.0626. The van der Waals surface area contributed by atoms with Gasteiger partial charge in [-0.15, -0.1) is 10.2 Å². The van der Waals surface area contributed by atoms with Crippen molar-refractivity contribution in [1.29, 1.82) is 0 Å². The molecule has 1 unspecified atom stereocenters. The lowest BCUT2D eigenvalue weighted by molar-refractivity contribution is -0.140. The number of benzene rings is 1. The van der Waals surface area contributed by atoms with Crippen LogP contribution < -0.4 is 0 Å². The van der Waals surface area contributed by atoms with Crippen LogP contribution in [0, 0.1) is 5.41 Å². The Morgan fingerprint density at radius 1 is 1.12 bits per heavy atom. The highest BCUT2D eigenvalue weighted by Gasteiger charge is 2.42. The number of β-amino-alcohol motifs (C(OH)–C–C–N with tert-alkyl or cyclic N) is 1. The van der Waals surface area contributed by atoms with E-state index < -0.39 is 6.10 Å². The van der Waals surface area contributed by atoms with Crippen LogP contribution in [0.15, 0.2) is 43.0 Å². The second-order valence-corrected chi connectivity index (χ2v) is 8.76. The number of aliphatic hydroxyl groups is 1. The number of aryl methyl sites for hydroxylation is 1. The van der Waals surface area contributed by atoms with Crippen LogP contribution in [-0.2, 0) is 22.6 Å². The molecule has 1 aromatic carbocycles. The van der Waals surface area contributed by atoms with Crippen molar-refractivity contribution in [1.82, 2.24) is 24.6 Å². The zero-order chi connectivity index (χ0) is 22.8. The highest BCUT2D eigenvalue weighted by atomic mass is 16.3. The van der Waals surface area contributed by atoms with Crippen LogP contribution in [0.3, 0.4) is 0 Å². The third kappa shape index (κ3) is 6.86. The predicted molar refractivity (Wildman–Crippen MR) is 119 cm³/mol. The second-order valence-electron chi connectivity index (χ2n) is 8.76. The van der Waals surface area contributed by atoms with Gasteiger partial charge >= 0.3 is 0 Å². The van der Waals surface area contributed by atoms with E-state index in [0.29, 0.717) is 19.5 Å². The first-order chi connectivity index (χ1) is 15.5. The lowest BCUT2D eigenvalue weighted by Crippen LogP contribution is -2.55. The SMILES string of the molecule is O=C(CCn1cnnc1)N1CC(O)CC2(CCN(CCc3ccccc3)CC2)C1.O=CO. The summed E-state index contributed by atoms with van der Waals surface area (Å²) < 4.78 is 1.82. The molecule has 3 heterocycles. The molecule has 1 spiro atoms. The van der Waals surface area contributed by atoms with E-state index in [1.54, 1.807) is 12.7 Å². The number of piperidine rings is 2. The predicted octanol–water partition coefficient (Wildman–Crippen LogP) is 1.29. The van der Waals surface area contributed by atoms with Crippen molar-refractivity contribution in [3.05, 3.63) is 48.5 Å². The first-order valence-electron chi connectivity index (χ1n) is 11.2. The molecule has 2 saturated heterocycles. The molecule has 1 aromatic heterocycles. The fourth-order valence-electron chi connectivity index (χ4n) is 4.81. The van der Waals surface area contributed by atoms with E-state index in [9.17, 15) is 9.90 Å². The molecule has 1 amide bonds. The van der Waals surface area contributed by atoms with Crippen LogP contribution in [0.25, 0.3) is 0 Å². The Kier molecular flexibility index (Phi) is 8.75. The normalized spacial score (nSPS) is 20.4. The van der Waals surface area contributed by atoms with E-state index >= 15 is 0 Å².